The zero-order valence-corrected chi connectivity index (χ0v) is 16.8. The summed E-state index contributed by atoms with van der Waals surface area (Å²) < 4.78 is 38.2. The molecule has 4 rings (SSSR count). The van der Waals surface area contributed by atoms with Gasteiger partial charge in [0.15, 0.2) is 0 Å². The van der Waals surface area contributed by atoms with E-state index in [-0.39, 0.29) is 11.8 Å². The van der Waals surface area contributed by atoms with Crippen LogP contribution in [0.2, 0.25) is 0 Å². The number of carboxylic acid groups (broad SMARTS) is 1. The number of hydrogen-bond acceptors (Lipinski definition) is 4. The van der Waals surface area contributed by atoms with Gasteiger partial charge >= 0.3 is 12.1 Å². The van der Waals surface area contributed by atoms with Gasteiger partial charge in [0.25, 0.3) is 0 Å². The molecule has 30 heavy (non-hydrogen) atoms. The lowest BCUT2D eigenvalue weighted by molar-refractivity contribution is -0.139. The van der Waals surface area contributed by atoms with Gasteiger partial charge in [-0.3, -0.25) is 4.79 Å². The Hall–Kier alpha value is -2.87. The minimum atomic E-state index is -4.35. The van der Waals surface area contributed by atoms with Crippen LogP contribution in [-0.2, 0) is 17.5 Å². The number of anilines is 1. The van der Waals surface area contributed by atoms with Crippen molar-refractivity contribution in [1.29, 1.82) is 0 Å². The van der Waals surface area contributed by atoms with Crippen LogP contribution in [0.15, 0.2) is 48.5 Å². The van der Waals surface area contributed by atoms with Crippen molar-refractivity contribution in [1.82, 2.24) is 4.98 Å². The molecular formula is C22H19F3N2O2S. The molecule has 1 fully saturated rings. The molecule has 1 saturated carbocycles. The second-order valence-corrected chi connectivity index (χ2v) is 8.45. The fourth-order valence-corrected chi connectivity index (χ4v) is 4.39. The van der Waals surface area contributed by atoms with Crippen LogP contribution in [0, 0.1) is 12.8 Å². The number of nitrogens with one attached hydrogen (secondary N) is 1. The summed E-state index contributed by atoms with van der Waals surface area (Å²) in [5, 5.41) is 13.0. The zero-order valence-electron chi connectivity index (χ0n) is 16.0. The fourth-order valence-electron chi connectivity index (χ4n) is 3.38. The first-order chi connectivity index (χ1) is 14.2. The third kappa shape index (κ3) is 4.33. The van der Waals surface area contributed by atoms with Crippen LogP contribution in [0.5, 0.6) is 0 Å². The standard InChI is InChI=1S/C22H19F3N2O2S/c1-12-19(30-20(27-12)14-2-6-15(7-3-14)22(23,24)25)11-26-16-8-4-13(5-9-16)17-10-18(17)21(28)29/h2-9,17-18,26H,10-11H2,1H3,(H,28,29)/t17-,18-/m0/s1. The van der Waals surface area contributed by atoms with Crippen LogP contribution in [-0.4, -0.2) is 16.1 Å². The van der Waals surface area contributed by atoms with Gasteiger partial charge in [-0.1, -0.05) is 24.3 Å². The highest BCUT2D eigenvalue weighted by molar-refractivity contribution is 7.15. The first-order valence-electron chi connectivity index (χ1n) is 9.43. The van der Waals surface area contributed by atoms with E-state index in [0.717, 1.165) is 34.0 Å². The Morgan fingerprint density at radius 3 is 2.40 bits per heavy atom. The molecule has 0 amide bonds. The van der Waals surface area contributed by atoms with Gasteiger partial charge in [-0.2, -0.15) is 13.2 Å². The number of halogens is 3. The van der Waals surface area contributed by atoms with Gasteiger partial charge < -0.3 is 10.4 Å². The molecule has 1 heterocycles. The van der Waals surface area contributed by atoms with E-state index < -0.39 is 17.7 Å². The molecule has 156 valence electrons. The maximum absolute atomic E-state index is 12.7. The number of nitrogens with zero attached hydrogens (tertiary/aromatic N) is 1. The summed E-state index contributed by atoms with van der Waals surface area (Å²) in [4.78, 5) is 16.5. The third-order valence-electron chi connectivity index (χ3n) is 5.25. The minimum absolute atomic E-state index is 0.103. The number of aryl methyl sites for hydroxylation is 1. The van der Waals surface area contributed by atoms with Crippen LogP contribution in [0.4, 0.5) is 18.9 Å². The summed E-state index contributed by atoms with van der Waals surface area (Å²) in [6.45, 7) is 2.42. The number of carboxylic acids is 1. The van der Waals surface area contributed by atoms with E-state index in [2.05, 4.69) is 10.3 Å². The molecule has 0 saturated heterocycles. The summed E-state index contributed by atoms with van der Waals surface area (Å²) in [7, 11) is 0. The number of thiazole rings is 1. The molecule has 2 aromatic carbocycles. The van der Waals surface area contributed by atoms with Crippen molar-refractivity contribution in [3.8, 4) is 10.6 Å². The van der Waals surface area contributed by atoms with Gasteiger partial charge in [0.2, 0.25) is 0 Å². The molecule has 0 unspecified atom stereocenters. The number of hydrogen-bond donors (Lipinski definition) is 2. The molecule has 2 N–H and O–H groups in total. The molecule has 1 aromatic heterocycles. The van der Waals surface area contributed by atoms with Crippen LogP contribution < -0.4 is 5.32 Å². The molecule has 4 nitrogen and oxygen atoms in total. The first kappa shape index (κ1) is 20.4. The van der Waals surface area contributed by atoms with E-state index in [1.54, 1.807) is 0 Å². The van der Waals surface area contributed by atoms with E-state index in [1.807, 2.05) is 31.2 Å². The maximum Gasteiger partial charge on any atom is 0.416 e. The molecule has 0 radical (unpaired) electrons. The van der Waals surface area contributed by atoms with E-state index in [9.17, 15) is 18.0 Å². The molecule has 1 aliphatic carbocycles. The van der Waals surface area contributed by atoms with Crippen LogP contribution >= 0.6 is 11.3 Å². The van der Waals surface area contributed by atoms with E-state index in [1.165, 1.54) is 23.5 Å². The van der Waals surface area contributed by atoms with Crippen molar-refractivity contribution < 1.29 is 23.1 Å². The molecule has 0 aliphatic heterocycles. The Morgan fingerprint density at radius 1 is 1.17 bits per heavy atom. The average Bonchev–Trinajstić information content (AvgIpc) is 3.43. The Kier molecular flexibility index (Phi) is 5.27. The van der Waals surface area contributed by atoms with E-state index in [0.29, 0.717) is 23.5 Å². The van der Waals surface area contributed by atoms with Crippen LogP contribution in [0.1, 0.15) is 34.0 Å². The van der Waals surface area contributed by atoms with Gasteiger partial charge in [-0.15, -0.1) is 11.3 Å². The number of aliphatic carboxylic acids is 1. The van der Waals surface area contributed by atoms with Gasteiger partial charge in [-0.05, 0) is 49.1 Å². The molecule has 2 atom stereocenters. The predicted octanol–water partition coefficient (Wildman–Crippen LogP) is 5.94. The van der Waals surface area contributed by atoms with Gasteiger partial charge in [-0.25, -0.2) is 4.98 Å². The third-order valence-corrected chi connectivity index (χ3v) is 6.46. The Labute approximate surface area is 175 Å². The molecule has 8 heteroatoms. The minimum Gasteiger partial charge on any atom is -0.481 e. The van der Waals surface area contributed by atoms with Crippen molar-refractivity contribution in [2.75, 3.05) is 5.32 Å². The molecule has 0 spiro atoms. The van der Waals surface area contributed by atoms with Gasteiger partial charge in [0.1, 0.15) is 5.01 Å². The molecule has 3 aromatic rings. The SMILES string of the molecule is Cc1nc(-c2ccc(C(F)(F)F)cc2)sc1CNc1ccc([C@@H]2C[C@@H]2C(=O)O)cc1. The number of aromatic nitrogens is 1. The highest BCUT2D eigenvalue weighted by Crippen LogP contribution is 2.47. The average molecular weight is 432 g/mol. The monoisotopic (exact) mass is 432 g/mol. The Balaban J connectivity index is 1.40. The number of carbonyl (C=O) groups is 1. The van der Waals surface area contributed by atoms with Crippen LogP contribution in [0.25, 0.3) is 10.6 Å². The summed E-state index contributed by atoms with van der Waals surface area (Å²) in [5.41, 5.74) is 2.76. The first-order valence-corrected chi connectivity index (χ1v) is 10.2. The highest BCUT2D eigenvalue weighted by atomic mass is 32.1. The lowest BCUT2D eigenvalue weighted by Crippen LogP contribution is -2.03. The maximum atomic E-state index is 12.7. The second kappa shape index (κ2) is 7.75. The summed E-state index contributed by atoms with van der Waals surface area (Å²) in [6.07, 6.45) is -3.66. The predicted molar refractivity (Wildman–Crippen MR) is 110 cm³/mol. The zero-order chi connectivity index (χ0) is 21.5. The van der Waals surface area contributed by atoms with Gasteiger partial charge in [0.05, 0.1) is 23.7 Å². The normalized spacial score (nSPS) is 18.3. The second-order valence-electron chi connectivity index (χ2n) is 7.37. The van der Waals surface area contributed by atoms with Crippen LogP contribution in [0.3, 0.4) is 0 Å². The van der Waals surface area contributed by atoms with E-state index in [4.69, 9.17) is 5.11 Å². The molecule has 0 bridgehead atoms. The lowest BCUT2D eigenvalue weighted by atomic mass is 10.1. The van der Waals surface area contributed by atoms with Crippen molar-refractivity contribution in [2.45, 2.75) is 32.0 Å². The molecule has 1 aliphatic rings. The Morgan fingerprint density at radius 2 is 1.83 bits per heavy atom. The fraction of sp³-hybridized carbons (Fsp3) is 0.273. The van der Waals surface area contributed by atoms with Crippen molar-refractivity contribution in [3.63, 3.8) is 0 Å². The smallest absolute Gasteiger partial charge is 0.416 e. The quantitative estimate of drug-likeness (QED) is 0.506. The van der Waals surface area contributed by atoms with Crippen molar-refractivity contribution >= 4 is 23.0 Å². The highest BCUT2D eigenvalue weighted by Gasteiger charge is 2.44. The number of alkyl halides is 3. The summed E-state index contributed by atoms with van der Waals surface area (Å²) in [5.74, 6) is -0.912. The summed E-state index contributed by atoms with van der Waals surface area (Å²) in [6, 6.07) is 12.8. The topological polar surface area (TPSA) is 62.2 Å². The Bertz CT molecular complexity index is 1060. The number of benzene rings is 2. The van der Waals surface area contributed by atoms with Gasteiger partial charge in [0, 0.05) is 16.1 Å². The number of rotatable bonds is 6. The summed E-state index contributed by atoms with van der Waals surface area (Å²) >= 11 is 1.45. The largest absolute Gasteiger partial charge is 0.481 e. The lowest BCUT2D eigenvalue weighted by Gasteiger charge is -2.07. The molecular weight excluding hydrogens is 413 g/mol. The van der Waals surface area contributed by atoms with Crippen molar-refractivity contribution in [3.05, 3.63) is 70.2 Å². The van der Waals surface area contributed by atoms with E-state index >= 15 is 0 Å². The van der Waals surface area contributed by atoms with Crippen molar-refractivity contribution in [2.24, 2.45) is 5.92 Å².